The fourth-order valence-corrected chi connectivity index (χ4v) is 4.65. The maximum atomic E-state index is 12.5. The summed E-state index contributed by atoms with van der Waals surface area (Å²) in [5, 5.41) is 3.58. The van der Waals surface area contributed by atoms with Gasteiger partial charge in [-0.15, -0.1) is 0 Å². The summed E-state index contributed by atoms with van der Waals surface area (Å²) in [6, 6.07) is 0.537. The number of guanidine groups is 1. The van der Waals surface area contributed by atoms with Crippen LogP contribution in [0.2, 0.25) is 0 Å². The Morgan fingerprint density at radius 3 is 2.50 bits per heavy atom. The van der Waals surface area contributed by atoms with Crippen molar-refractivity contribution in [3.8, 4) is 0 Å². The number of nitrogens with zero attached hydrogens (tertiary/aromatic N) is 3. The Kier molecular flexibility index (Phi) is 8.16. The molecule has 26 heavy (non-hydrogen) atoms. The molecule has 0 spiro atoms. The van der Waals surface area contributed by atoms with Crippen LogP contribution in [0, 0.1) is 5.92 Å². The van der Waals surface area contributed by atoms with Crippen LogP contribution in [-0.4, -0.2) is 80.8 Å². The largest absolute Gasteiger partial charge is 0.378 e. The van der Waals surface area contributed by atoms with Crippen LogP contribution in [0.1, 0.15) is 47.0 Å². The van der Waals surface area contributed by atoms with Crippen LogP contribution in [0.15, 0.2) is 4.99 Å². The predicted molar refractivity (Wildman–Crippen MR) is 106 cm³/mol. The van der Waals surface area contributed by atoms with Gasteiger partial charge in [0.25, 0.3) is 0 Å². The molecule has 2 fully saturated rings. The van der Waals surface area contributed by atoms with Crippen molar-refractivity contribution in [2.24, 2.45) is 10.9 Å². The zero-order chi connectivity index (χ0) is 19.2. The van der Waals surface area contributed by atoms with Gasteiger partial charge in [-0.3, -0.25) is 4.99 Å². The highest BCUT2D eigenvalue weighted by molar-refractivity contribution is 7.89. The van der Waals surface area contributed by atoms with Crippen molar-refractivity contribution in [2.45, 2.75) is 59.1 Å². The lowest BCUT2D eigenvalue weighted by Crippen LogP contribution is -2.54. The van der Waals surface area contributed by atoms with Crippen molar-refractivity contribution in [3.63, 3.8) is 0 Å². The molecule has 8 heteroatoms. The molecule has 1 aliphatic heterocycles. The monoisotopic (exact) mass is 388 g/mol. The van der Waals surface area contributed by atoms with Gasteiger partial charge >= 0.3 is 0 Å². The maximum Gasteiger partial charge on any atom is 0.216 e. The van der Waals surface area contributed by atoms with Crippen molar-refractivity contribution in [3.05, 3.63) is 0 Å². The van der Waals surface area contributed by atoms with E-state index in [0.717, 1.165) is 18.4 Å². The van der Waals surface area contributed by atoms with Crippen molar-refractivity contribution < 1.29 is 13.2 Å². The number of piperazine rings is 1. The number of hydrogen-bond acceptors (Lipinski definition) is 4. The SMILES string of the molecule is CCCC1CC1NC(=NCC)N1CCN(S(=O)(=O)CCOC(C)C)CC1. The van der Waals surface area contributed by atoms with Gasteiger partial charge < -0.3 is 15.0 Å². The van der Waals surface area contributed by atoms with E-state index in [1.165, 1.54) is 19.3 Å². The van der Waals surface area contributed by atoms with Crippen LogP contribution in [-0.2, 0) is 14.8 Å². The van der Waals surface area contributed by atoms with Gasteiger partial charge in [0.05, 0.1) is 18.5 Å². The smallest absolute Gasteiger partial charge is 0.216 e. The van der Waals surface area contributed by atoms with Gasteiger partial charge in [-0.2, -0.15) is 4.31 Å². The molecule has 2 rings (SSSR count). The van der Waals surface area contributed by atoms with Gasteiger partial charge in [0, 0.05) is 38.8 Å². The van der Waals surface area contributed by atoms with Crippen LogP contribution in [0.3, 0.4) is 0 Å². The highest BCUT2D eigenvalue weighted by atomic mass is 32.2. The fourth-order valence-electron chi connectivity index (χ4n) is 3.36. The minimum Gasteiger partial charge on any atom is -0.378 e. The first-order chi connectivity index (χ1) is 12.4. The third-order valence-electron chi connectivity index (χ3n) is 4.93. The van der Waals surface area contributed by atoms with Gasteiger partial charge in [0.2, 0.25) is 10.0 Å². The molecule has 152 valence electrons. The normalized spacial score (nSPS) is 25.0. The lowest BCUT2D eigenvalue weighted by molar-refractivity contribution is 0.0904. The number of hydrogen-bond donors (Lipinski definition) is 1. The Morgan fingerprint density at radius 2 is 1.92 bits per heavy atom. The molecule has 2 aliphatic rings. The van der Waals surface area contributed by atoms with Gasteiger partial charge in [-0.05, 0) is 39.5 Å². The summed E-state index contributed by atoms with van der Waals surface area (Å²) in [5.74, 6) is 1.76. The van der Waals surface area contributed by atoms with Crippen LogP contribution in [0.25, 0.3) is 0 Å². The molecule has 0 aromatic rings. The molecule has 0 radical (unpaired) electrons. The first kappa shape index (κ1) is 21.4. The second-order valence-electron chi connectivity index (χ2n) is 7.45. The first-order valence-corrected chi connectivity index (χ1v) is 11.6. The van der Waals surface area contributed by atoms with Gasteiger partial charge in [-0.1, -0.05) is 13.3 Å². The van der Waals surface area contributed by atoms with Crippen LogP contribution < -0.4 is 5.32 Å². The van der Waals surface area contributed by atoms with Crippen molar-refractivity contribution in [1.82, 2.24) is 14.5 Å². The molecule has 1 saturated carbocycles. The Morgan fingerprint density at radius 1 is 1.23 bits per heavy atom. The summed E-state index contributed by atoms with van der Waals surface area (Å²) in [4.78, 5) is 6.82. The second kappa shape index (κ2) is 9.90. The van der Waals surface area contributed by atoms with E-state index in [4.69, 9.17) is 4.74 Å². The summed E-state index contributed by atoms with van der Waals surface area (Å²) in [7, 11) is -3.25. The summed E-state index contributed by atoms with van der Waals surface area (Å²) in [6.07, 6.45) is 3.77. The number of rotatable bonds is 9. The summed E-state index contributed by atoms with van der Waals surface area (Å²) in [5.41, 5.74) is 0. The average Bonchev–Trinajstić information content (AvgIpc) is 3.32. The minimum atomic E-state index is -3.25. The Bertz CT molecular complexity index is 557. The third-order valence-corrected chi connectivity index (χ3v) is 6.76. The Balaban J connectivity index is 1.82. The first-order valence-electron chi connectivity index (χ1n) is 10.0. The molecule has 1 N–H and O–H groups in total. The van der Waals surface area contributed by atoms with E-state index >= 15 is 0 Å². The van der Waals surface area contributed by atoms with E-state index in [0.29, 0.717) is 32.2 Å². The Hall–Kier alpha value is -0.860. The molecule has 0 amide bonds. The van der Waals surface area contributed by atoms with E-state index in [1.807, 2.05) is 20.8 Å². The van der Waals surface area contributed by atoms with Gasteiger partial charge in [0.15, 0.2) is 5.96 Å². The topological polar surface area (TPSA) is 74.2 Å². The Labute approximate surface area is 159 Å². The second-order valence-corrected chi connectivity index (χ2v) is 9.54. The lowest BCUT2D eigenvalue weighted by atomic mass is 10.2. The van der Waals surface area contributed by atoms with Crippen molar-refractivity contribution >= 4 is 16.0 Å². The van der Waals surface area contributed by atoms with Crippen LogP contribution in [0.5, 0.6) is 0 Å². The van der Waals surface area contributed by atoms with E-state index in [-0.39, 0.29) is 18.5 Å². The number of nitrogens with one attached hydrogen (secondary N) is 1. The third kappa shape index (κ3) is 6.39. The van der Waals surface area contributed by atoms with Gasteiger partial charge in [0.1, 0.15) is 0 Å². The zero-order valence-corrected chi connectivity index (χ0v) is 17.6. The molecule has 1 heterocycles. The van der Waals surface area contributed by atoms with E-state index < -0.39 is 10.0 Å². The summed E-state index contributed by atoms with van der Waals surface area (Å²) < 4.78 is 31.9. The molecule has 0 aromatic carbocycles. The summed E-state index contributed by atoms with van der Waals surface area (Å²) >= 11 is 0. The number of aliphatic imine (C=N–C) groups is 1. The quantitative estimate of drug-likeness (QED) is 0.479. The summed E-state index contributed by atoms with van der Waals surface area (Å²) in [6.45, 7) is 11.5. The molecule has 1 aliphatic carbocycles. The van der Waals surface area contributed by atoms with Crippen molar-refractivity contribution in [2.75, 3.05) is 45.1 Å². The van der Waals surface area contributed by atoms with E-state index in [2.05, 4.69) is 22.1 Å². The number of sulfonamides is 1. The van der Waals surface area contributed by atoms with Crippen molar-refractivity contribution in [1.29, 1.82) is 0 Å². The standard InChI is InChI=1S/C18H36N4O3S/c1-5-7-16-14-17(16)20-18(19-6-2)21-8-10-22(11-9-21)26(23,24)13-12-25-15(3)4/h15-17H,5-14H2,1-4H3,(H,19,20). The molecule has 1 saturated heterocycles. The zero-order valence-electron chi connectivity index (χ0n) is 16.8. The maximum absolute atomic E-state index is 12.5. The van der Waals surface area contributed by atoms with E-state index in [1.54, 1.807) is 4.31 Å². The van der Waals surface area contributed by atoms with Crippen LogP contribution >= 0.6 is 0 Å². The van der Waals surface area contributed by atoms with E-state index in [9.17, 15) is 8.42 Å². The minimum absolute atomic E-state index is 0.0555. The number of ether oxygens (including phenoxy) is 1. The molecular weight excluding hydrogens is 352 g/mol. The predicted octanol–water partition coefficient (Wildman–Crippen LogP) is 1.51. The molecule has 2 atom stereocenters. The molecular formula is C18H36N4O3S. The highest BCUT2D eigenvalue weighted by Gasteiger charge is 2.38. The molecule has 2 unspecified atom stereocenters. The van der Waals surface area contributed by atoms with Gasteiger partial charge in [-0.25, -0.2) is 8.42 Å². The molecule has 7 nitrogen and oxygen atoms in total. The molecule has 0 bridgehead atoms. The average molecular weight is 389 g/mol. The molecule has 0 aromatic heterocycles. The highest BCUT2D eigenvalue weighted by Crippen LogP contribution is 2.34. The fraction of sp³-hybridized carbons (Fsp3) is 0.944. The van der Waals surface area contributed by atoms with Crippen LogP contribution in [0.4, 0.5) is 0 Å². The lowest BCUT2D eigenvalue weighted by Gasteiger charge is -2.36.